The Hall–Kier alpha value is -3.14. The second kappa shape index (κ2) is 6.16. The first-order valence-electron chi connectivity index (χ1n) is 7.54. The van der Waals surface area contributed by atoms with Gasteiger partial charge in [0.15, 0.2) is 5.41 Å². The number of benzene rings is 2. The number of aliphatic carboxylic acids is 2. The van der Waals surface area contributed by atoms with E-state index in [1.54, 1.807) is 6.08 Å². The van der Waals surface area contributed by atoms with Crippen molar-refractivity contribution in [3.05, 3.63) is 78.4 Å². The molecule has 0 saturated carbocycles. The van der Waals surface area contributed by atoms with Crippen molar-refractivity contribution in [1.29, 1.82) is 0 Å². The predicted octanol–water partition coefficient (Wildman–Crippen LogP) is 3.85. The minimum absolute atomic E-state index is 0.0853. The van der Waals surface area contributed by atoms with Crippen molar-refractivity contribution in [3.63, 3.8) is 0 Å². The van der Waals surface area contributed by atoms with Gasteiger partial charge in [-0.25, -0.2) is 0 Å². The average molecular weight is 320 g/mol. The fourth-order valence-corrected chi connectivity index (χ4v) is 2.95. The molecular weight excluding hydrogens is 304 g/mol. The lowest BCUT2D eigenvalue weighted by atomic mass is 9.75. The highest BCUT2D eigenvalue weighted by molar-refractivity contribution is 6.03. The lowest BCUT2D eigenvalue weighted by molar-refractivity contribution is -0.160. The van der Waals surface area contributed by atoms with Gasteiger partial charge in [0.25, 0.3) is 0 Å². The van der Waals surface area contributed by atoms with E-state index in [-0.39, 0.29) is 6.42 Å². The van der Waals surface area contributed by atoms with Crippen LogP contribution in [0.25, 0.3) is 16.7 Å². The van der Waals surface area contributed by atoms with Crippen LogP contribution in [0.1, 0.15) is 12.0 Å². The molecule has 4 nitrogen and oxygen atoms in total. The zero-order chi connectivity index (χ0) is 17.2. The summed E-state index contributed by atoms with van der Waals surface area (Å²) in [6.45, 7) is 0. The lowest BCUT2D eigenvalue weighted by Crippen LogP contribution is -2.38. The molecule has 2 aromatic rings. The summed E-state index contributed by atoms with van der Waals surface area (Å²) in [5, 5.41) is 18.9. The van der Waals surface area contributed by atoms with Crippen LogP contribution in [0.15, 0.2) is 72.8 Å². The maximum absolute atomic E-state index is 11.6. The number of hydrogen-bond donors (Lipinski definition) is 2. The molecule has 0 fully saturated rings. The molecule has 0 bridgehead atoms. The summed E-state index contributed by atoms with van der Waals surface area (Å²) in [6.07, 6.45) is 4.46. The van der Waals surface area contributed by atoms with E-state index >= 15 is 0 Å². The predicted molar refractivity (Wildman–Crippen MR) is 91.3 cm³/mol. The highest BCUT2D eigenvalue weighted by atomic mass is 16.4. The highest BCUT2D eigenvalue weighted by Gasteiger charge is 2.46. The summed E-state index contributed by atoms with van der Waals surface area (Å²) in [6, 6.07) is 17.3. The van der Waals surface area contributed by atoms with Gasteiger partial charge in [-0.2, -0.15) is 0 Å². The van der Waals surface area contributed by atoms with Crippen molar-refractivity contribution in [1.82, 2.24) is 0 Å². The van der Waals surface area contributed by atoms with Crippen LogP contribution >= 0.6 is 0 Å². The van der Waals surface area contributed by atoms with E-state index in [1.807, 2.05) is 54.6 Å². The summed E-state index contributed by atoms with van der Waals surface area (Å²) in [4.78, 5) is 23.2. The topological polar surface area (TPSA) is 74.6 Å². The van der Waals surface area contributed by atoms with Crippen LogP contribution in [0, 0.1) is 5.41 Å². The van der Waals surface area contributed by atoms with E-state index in [2.05, 4.69) is 0 Å². The van der Waals surface area contributed by atoms with Gasteiger partial charge < -0.3 is 10.2 Å². The second-order valence-electron chi connectivity index (χ2n) is 5.72. The molecule has 4 heteroatoms. The Balaban J connectivity index is 2.08. The van der Waals surface area contributed by atoms with Gasteiger partial charge in [0, 0.05) is 6.42 Å². The Labute approximate surface area is 139 Å². The second-order valence-corrected chi connectivity index (χ2v) is 5.72. The molecule has 0 unspecified atom stereocenters. The molecule has 0 amide bonds. The number of rotatable bonds is 4. The molecule has 24 heavy (non-hydrogen) atoms. The van der Waals surface area contributed by atoms with E-state index in [1.165, 1.54) is 12.2 Å². The molecule has 0 heterocycles. The van der Waals surface area contributed by atoms with E-state index < -0.39 is 17.4 Å². The summed E-state index contributed by atoms with van der Waals surface area (Å²) < 4.78 is 0. The van der Waals surface area contributed by atoms with Crippen LogP contribution in [0.4, 0.5) is 0 Å². The van der Waals surface area contributed by atoms with E-state index in [4.69, 9.17) is 0 Å². The highest BCUT2D eigenvalue weighted by Crippen LogP contribution is 2.40. The largest absolute Gasteiger partial charge is 0.480 e. The van der Waals surface area contributed by atoms with Crippen LogP contribution in [0.5, 0.6) is 0 Å². The molecule has 1 aliphatic rings. The fourth-order valence-electron chi connectivity index (χ4n) is 2.95. The third-order valence-corrected chi connectivity index (χ3v) is 4.27. The Kier molecular flexibility index (Phi) is 4.04. The van der Waals surface area contributed by atoms with Crippen LogP contribution < -0.4 is 0 Å². The fraction of sp³-hybridized carbons (Fsp3) is 0.100. The summed E-state index contributed by atoms with van der Waals surface area (Å²) in [5.41, 5.74) is 1.57. The molecule has 0 atom stereocenters. The van der Waals surface area contributed by atoms with E-state index in [9.17, 15) is 19.8 Å². The van der Waals surface area contributed by atoms with Crippen LogP contribution in [0.3, 0.4) is 0 Å². The first kappa shape index (κ1) is 15.7. The number of hydrogen-bond acceptors (Lipinski definition) is 2. The van der Waals surface area contributed by atoms with Gasteiger partial charge in [-0.05, 0) is 22.3 Å². The third-order valence-electron chi connectivity index (χ3n) is 4.27. The van der Waals surface area contributed by atoms with Crippen molar-refractivity contribution in [2.45, 2.75) is 6.42 Å². The molecule has 3 rings (SSSR count). The van der Waals surface area contributed by atoms with Gasteiger partial charge in [0.2, 0.25) is 0 Å². The Morgan fingerprint density at radius 1 is 0.833 bits per heavy atom. The first-order chi connectivity index (χ1) is 11.5. The van der Waals surface area contributed by atoms with Gasteiger partial charge in [-0.1, -0.05) is 72.8 Å². The third kappa shape index (κ3) is 2.63. The minimum Gasteiger partial charge on any atom is -0.480 e. The van der Waals surface area contributed by atoms with Crippen molar-refractivity contribution in [3.8, 4) is 11.1 Å². The molecule has 0 aromatic heterocycles. The molecule has 0 radical (unpaired) electrons. The number of carbonyl (C=O) groups is 2. The Bertz CT molecular complexity index is 833. The number of carboxylic acid groups (broad SMARTS) is 2. The lowest BCUT2D eigenvalue weighted by Gasteiger charge is -2.26. The number of allylic oxidation sites excluding steroid dienone is 3. The van der Waals surface area contributed by atoms with Crippen LogP contribution in [-0.2, 0) is 9.59 Å². The van der Waals surface area contributed by atoms with Gasteiger partial charge in [0.1, 0.15) is 0 Å². The molecule has 0 aliphatic heterocycles. The number of carboxylic acids is 2. The van der Waals surface area contributed by atoms with Gasteiger partial charge >= 0.3 is 11.9 Å². The smallest absolute Gasteiger partial charge is 0.325 e. The summed E-state index contributed by atoms with van der Waals surface area (Å²) in [5.74, 6) is -2.71. The zero-order valence-electron chi connectivity index (χ0n) is 12.8. The molecular formula is C20H16O4. The molecule has 1 aliphatic carbocycles. The maximum Gasteiger partial charge on any atom is 0.325 e. The molecule has 0 spiro atoms. The zero-order valence-corrected chi connectivity index (χ0v) is 12.8. The first-order valence-corrected chi connectivity index (χ1v) is 7.54. The van der Waals surface area contributed by atoms with Gasteiger partial charge in [-0.15, -0.1) is 0 Å². The van der Waals surface area contributed by atoms with E-state index in [0.717, 1.165) is 16.7 Å². The van der Waals surface area contributed by atoms with Gasteiger partial charge in [0.05, 0.1) is 0 Å². The maximum atomic E-state index is 11.6. The average Bonchev–Trinajstić information content (AvgIpc) is 2.62. The summed E-state index contributed by atoms with van der Waals surface area (Å²) >= 11 is 0. The van der Waals surface area contributed by atoms with Crippen LogP contribution in [0.2, 0.25) is 0 Å². The molecule has 0 saturated heterocycles. The minimum atomic E-state index is -1.92. The van der Waals surface area contributed by atoms with Crippen molar-refractivity contribution >= 4 is 17.5 Å². The Morgan fingerprint density at radius 2 is 1.42 bits per heavy atom. The Morgan fingerprint density at radius 3 is 2.04 bits per heavy atom. The summed E-state index contributed by atoms with van der Waals surface area (Å²) in [7, 11) is 0. The standard InChI is InChI=1S/C20H16O4/c21-18(22)20(19(23)24)12-6-9-15(13-20)17-11-5-4-10-16(17)14-7-2-1-3-8-14/h1-12H,13H2,(H,21,22)(H,23,24). The SMILES string of the molecule is O=C(O)C1(C(=O)O)C=CC=C(c2ccccc2-c2ccccc2)C1. The van der Waals surface area contributed by atoms with Crippen LogP contribution in [-0.4, -0.2) is 22.2 Å². The van der Waals surface area contributed by atoms with Crippen molar-refractivity contribution < 1.29 is 19.8 Å². The quantitative estimate of drug-likeness (QED) is 0.839. The van der Waals surface area contributed by atoms with Crippen molar-refractivity contribution in [2.75, 3.05) is 0 Å². The van der Waals surface area contributed by atoms with Crippen molar-refractivity contribution in [2.24, 2.45) is 5.41 Å². The molecule has 120 valence electrons. The molecule has 2 aromatic carbocycles. The normalized spacial score (nSPS) is 15.6. The van der Waals surface area contributed by atoms with E-state index in [0.29, 0.717) is 5.57 Å². The van der Waals surface area contributed by atoms with Gasteiger partial charge in [-0.3, -0.25) is 9.59 Å². The molecule has 2 N–H and O–H groups in total. The monoisotopic (exact) mass is 320 g/mol.